The standard InChI is InChI=1S/C13H15N3O/c14-12(17)9-15-8-6-11-4-1-3-10-5-2-7-16-13(10)11/h1-5,7,15H,6,8-9H2,(H2,14,17). The summed E-state index contributed by atoms with van der Waals surface area (Å²) in [6.07, 6.45) is 2.63. The van der Waals surface area contributed by atoms with Gasteiger partial charge in [0.1, 0.15) is 0 Å². The molecule has 3 N–H and O–H groups in total. The van der Waals surface area contributed by atoms with Crippen LogP contribution in [-0.2, 0) is 11.2 Å². The van der Waals surface area contributed by atoms with Crippen molar-refractivity contribution in [1.82, 2.24) is 10.3 Å². The van der Waals surface area contributed by atoms with Crippen LogP contribution in [0.1, 0.15) is 5.56 Å². The second kappa shape index (κ2) is 5.41. The van der Waals surface area contributed by atoms with Crippen LogP contribution in [0.25, 0.3) is 10.9 Å². The van der Waals surface area contributed by atoms with Gasteiger partial charge in [0.05, 0.1) is 12.1 Å². The third kappa shape index (κ3) is 3.01. The van der Waals surface area contributed by atoms with E-state index in [4.69, 9.17) is 5.73 Å². The van der Waals surface area contributed by atoms with E-state index in [1.165, 1.54) is 5.56 Å². The van der Waals surface area contributed by atoms with Crippen LogP contribution in [0.2, 0.25) is 0 Å². The summed E-state index contributed by atoms with van der Waals surface area (Å²) in [5.74, 6) is -0.332. The van der Waals surface area contributed by atoms with E-state index in [1.54, 1.807) is 6.20 Å². The molecule has 1 aromatic carbocycles. The molecule has 88 valence electrons. The minimum Gasteiger partial charge on any atom is -0.369 e. The average Bonchev–Trinajstić information content (AvgIpc) is 2.34. The van der Waals surface area contributed by atoms with Crippen LogP contribution in [0.15, 0.2) is 36.5 Å². The van der Waals surface area contributed by atoms with Crippen molar-refractivity contribution in [3.63, 3.8) is 0 Å². The van der Waals surface area contributed by atoms with Crippen molar-refractivity contribution in [2.45, 2.75) is 6.42 Å². The first kappa shape index (κ1) is 11.5. The fraction of sp³-hybridized carbons (Fsp3) is 0.231. The van der Waals surface area contributed by atoms with Crippen LogP contribution in [0.3, 0.4) is 0 Å². The molecule has 0 spiro atoms. The van der Waals surface area contributed by atoms with E-state index in [0.717, 1.165) is 23.9 Å². The summed E-state index contributed by atoms with van der Waals surface area (Å²) in [5.41, 5.74) is 7.25. The molecule has 2 rings (SSSR count). The van der Waals surface area contributed by atoms with Gasteiger partial charge in [-0.3, -0.25) is 9.78 Å². The molecule has 1 heterocycles. The number of nitrogens with one attached hydrogen (secondary N) is 1. The summed E-state index contributed by atoms with van der Waals surface area (Å²) in [4.78, 5) is 14.9. The predicted molar refractivity (Wildman–Crippen MR) is 67.5 cm³/mol. The van der Waals surface area contributed by atoms with Gasteiger partial charge < -0.3 is 11.1 Å². The summed E-state index contributed by atoms with van der Waals surface area (Å²) in [6, 6.07) is 10.1. The molecule has 0 aliphatic rings. The Kier molecular flexibility index (Phi) is 3.67. The number of hydrogen-bond acceptors (Lipinski definition) is 3. The molecule has 0 atom stereocenters. The number of aromatic nitrogens is 1. The summed E-state index contributed by atoms with van der Waals surface area (Å²) in [6.45, 7) is 0.941. The van der Waals surface area contributed by atoms with Crippen molar-refractivity contribution >= 4 is 16.8 Å². The molecular formula is C13H15N3O. The molecule has 1 amide bonds. The average molecular weight is 229 g/mol. The van der Waals surface area contributed by atoms with E-state index in [0.29, 0.717) is 0 Å². The fourth-order valence-electron chi connectivity index (χ4n) is 1.80. The third-order valence-electron chi connectivity index (χ3n) is 2.59. The second-order valence-electron chi connectivity index (χ2n) is 3.89. The summed E-state index contributed by atoms with van der Waals surface area (Å²) >= 11 is 0. The topological polar surface area (TPSA) is 68.0 Å². The quantitative estimate of drug-likeness (QED) is 0.747. The van der Waals surface area contributed by atoms with Crippen LogP contribution in [0.5, 0.6) is 0 Å². The van der Waals surface area contributed by atoms with Gasteiger partial charge in [0.25, 0.3) is 0 Å². The van der Waals surface area contributed by atoms with Gasteiger partial charge in [0.15, 0.2) is 0 Å². The molecule has 0 aliphatic heterocycles. The van der Waals surface area contributed by atoms with Gasteiger partial charge in [-0.25, -0.2) is 0 Å². The van der Waals surface area contributed by atoms with E-state index < -0.39 is 0 Å². The van der Waals surface area contributed by atoms with Crippen molar-refractivity contribution in [2.75, 3.05) is 13.1 Å². The minimum absolute atomic E-state index is 0.220. The number of primary amides is 1. The molecular weight excluding hydrogens is 214 g/mol. The predicted octanol–water partition coefficient (Wildman–Crippen LogP) is 0.852. The largest absolute Gasteiger partial charge is 0.369 e. The van der Waals surface area contributed by atoms with E-state index in [1.807, 2.05) is 24.3 Å². The number of hydrogen-bond donors (Lipinski definition) is 2. The minimum atomic E-state index is -0.332. The first-order valence-corrected chi connectivity index (χ1v) is 5.59. The van der Waals surface area contributed by atoms with Crippen molar-refractivity contribution in [3.8, 4) is 0 Å². The molecule has 0 unspecified atom stereocenters. The highest BCUT2D eigenvalue weighted by Gasteiger charge is 2.01. The Morgan fingerprint density at radius 3 is 2.94 bits per heavy atom. The number of para-hydroxylation sites is 1. The van der Waals surface area contributed by atoms with Crippen molar-refractivity contribution in [3.05, 3.63) is 42.1 Å². The maximum atomic E-state index is 10.6. The van der Waals surface area contributed by atoms with Gasteiger partial charge in [-0.1, -0.05) is 24.3 Å². The lowest BCUT2D eigenvalue weighted by molar-refractivity contribution is -0.117. The van der Waals surface area contributed by atoms with E-state index >= 15 is 0 Å². The Morgan fingerprint density at radius 1 is 1.29 bits per heavy atom. The maximum absolute atomic E-state index is 10.6. The summed E-state index contributed by atoms with van der Waals surface area (Å²) in [5, 5.41) is 4.13. The van der Waals surface area contributed by atoms with Crippen LogP contribution in [0, 0.1) is 0 Å². The first-order valence-electron chi connectivity index (χ1n) is 5.59. The Morgan fingerprint density at radius 2 is 2.12 bits per heavy atom. The number of rotatable bonds is 5. The van der Waals surface area contributed by atoms with Gasteiger partial charge >= 0.3 is 0 Å². The van der Waals surface area contributed by atoms with Gasteiger partial charge in [0.2, 0.25) is 5.91 Å². The highest BCUT2D eigenvalue weighted by atomic mass is 16.1. The third-order valence-corrected chi connectivity index (χ3v) is 2.59. The molecule has 0 saturated heterocycles. The van der Waals surface area contributed by atoms with Gasteiger partial charge in [-0.05, 0) is 24.6 Å². The number of nitrogens with zero attached hydrogens (tertiary/aromatic N) is 1. The summed E-state index contributed by atoms with van der Waals surface area (Å²) in [7, 11) is 0. The van der Waals surface area contributed by atoms with Crippen LogP contribution < -0.4 is 11.1 Å². The Bertz CT molecular complexity index is 520. The SMILES string of the molecule is NC(=O)CNCCc1cccc2cccnc12. The number of pyridine rings is 1. The molecule has 0 saturated carbocycles. The number of amides is 1. The smallest absolute Gasteiger partial charge is 0.231 e. The second-order valence-corrected chi connectivity index (χ2v) is 3.89. The monoisotopic (exact) mass is 229 g/mol. The van der Waals surface area contributed by atoms with Crippen molar-refractivity contribution in [1.29, 1.82) is 0 Å². The zero-order valence-electron chi connectivity index (χ0n) is 9.52. The van der Waals surface area contributed by atoms with Crippen molar-refractivity contribution < 1.29 is 4.79 Å². The molecule has 17 heavy (non-hydrogen) atoms. The molecule has 0 radical (unpaired) electrons. The van der Waals surface area contributed by atoms with Gasteiger partial charge in [0, 0.05) is 11.6 Å². The Balaban J connectivity index is 2.05. The highest BCUT2D eigenvalue weighted by molar-refractivity contribution is 5.81. The number of carbonyl (C=O) groups excluding carboxylic acids is 1. The molecule has 0 fully saturated rings. The lowest BCUT2D eigenvalue weighted by atomic mass is 10.1. The Labute approximate surface area is 99.8 Å². The number of nitrogens with two attached hydrogens (primary N) is 1. The van der Waals surface area contributed by atoms with Crippen molar-refractivity contribution in [2.24, 2.45) is 5.73 Å². The molecule has 1 aromatic heterocycles. The highest BCUT2D eigenvalue weighted by Crippen LogP contribution is 2.15. The Hall–Kier alpha value is -1.94. The number of carbonyl (C=O) groups is 1. The van der Waals surface area contributed by atoms with Gasteiger partial charge in [-0.2, -0.15) is 0 Å². The fourth-order valence-corrected chi connectivity index (χ4v) is 1.80. The number of benzene rings is 1. The van der Waals surface area contributed by atoms with Crippen LogP contribution in [0.4, 0.5) is 0 Å². The molecule has 2 aromatic rings. The lowest BCUT2D eigenvalue weighted by Gasteiger charge is -2.06. The zero-order valence-corrected chi connectivity index (χ0v) is 9.52. The normalized spacial score (nSPS) is 10.6. The molecule has 4 nitrogen and oxygen atoms in total. The zero-order chi connectivity index (χ0) is 12.1. The van der Waals surface area contributed by atoms with E-state index in [2.05, 4.69) is 16.4 Å². The summed E-state index contributed by atoms with van der Waals surface area (Å²) < 4.78 is 0. The van der Waals surface area contributed by atoms with E-state index in [9.17, 15) is 4.79 Å². The maximum Gasteiger partial charge on any atom is 0.231 e. The molecule has 4 heteroatoms. The molecule has 0 aliphatic carbocycles. The van der Waals surface area contributed by atoms with Crippen LogP contribution >= 0.6 is 0 Å². The molecule has 0 bridgehead atoms. The van der Waals surface area contributed by atoms with E-state index in [-0.39, 0.29) is 12.5 Å². The number of fused-ring (bicyclic) bond motifs is 1. The van der Waals surface area contributed by atoms with Gasteiger partial charge in [-0.15, -0.1) is 0 Å². The first-order chi connectivity index (χ1) is 8.27. The lowest BCUT2D eigenvalue weighted by Crippen LogP contribution is -2.29. The van der Waals surface area contributed by atoms with Crippen LogP contribution in [-0.4, -0.2) is 24.0 Å².